The molecule has 0 aliphatic carbocycles. The lowest BCUT2D eigenvalue weighted by Gasteiger charge is -2.10. The number of nitriles is 1. The molecule has 0 radical (unpaired) electrons. The van der Waals surface area contributed by atoms with Crippen LogP contribution in [0.25, 0.3) is 0 Å². The quantitative estimate of drug-likeness (QED) is 0.867. The van der Waals surface area contributed by atoms with Crippen molar-refractivity contribution in [3.8, 4) is 6.07 Å². The lowest BCUT2D eigenvalue weighted by atomic mass is 10.1. The van der Waals surface area contributed by atoms with Crippen LogP contribution < -0.4 is 10.6 Å². The van der Waals surface area contributed by atoms with Crippen LogP contribution in [-0.2, 0) is 11.3 Å². The van der Waals surface area contributed by atoms with E-state index in [4.69, 9.17) is 5.26 Å². The first-order valence-corrected chi connectivity index (χ1v) is 5.80. The van der Waals surface area contributed by atoms with Crippen molar-refractivity contribution in [2.75, 3.05) is 6.54 Å². The van der Waals surface area contributed by atoms with Gasteiger partial charge in [0.05, 0.1) is 17.7 Å². The van der Waals surface area contributed by atoms with E-state index in [0.717, 1.165) is 24.9 Å². The zero-order chi connectivity index (χ0) is 12.1. The second kappa shape index (κ2) is 7.00. The van der Waals surface area contributed by atoms with E-state index in [1.807, 2.05) is 12.1 Å². The molecule has 5 heteroatoms. The average Bonchev–Trinajstić information content (AvgIpc) is 2.90. The van der Waals surface area contributed by atoms with Gasteiger partial charge in [-0.2, -0.15) is 5.26 Å². The van der Waals surface area contributed by atoms with E-state index < -0.39 is 0 Å². The molecule has 0 spiro atoms. The summed E-state index contributed by atoms with van der Waals surface area (Å²) in [7, 11) is 0. The fourth-order valence-corrected chi connectivity index (χ4v) is 1.92. The Kier molecular flexibility index (Phi) is 5.63. The van der Waals surface area contributed by atoms with Crippen LogP contribution in [0.3, 0.4) is 0 Å². The van der Waals surface area contributed by atoms with Crippen molar-refractivity contribution >= 4 is 18.3 Å². The molecule has 0 saturated carbocycles. The summed E-state index contributed by atoms with van der Waals surface area (Å²) in [5.74, 6) is 0.0619. The number of benzene rings is 1. The maximum Gasteiger partial charge on any atom is 0.237 e. The Hall–Kier alpha value is -1.57. The van der Waals surface area contributed by atoms with E-state index in [1.54, 1.807) is 12.1 Å². The van der Waals surface area contributed by atoms with Crippen molar-refractivity contribution in [2.45, 2.75) is 25.4 Å². The van der Waals surface area contributed by atoms with Gasteiger partial charge >= 0.3 is 0 Å². The molecular weight excluding hydrogens is 250 g/mol. The van der Waals surface area contributed by atoms with Gasteiger partial charge in [0.15, 0.2) is 0 Å². The zero-order valence-electron chi connectivity index (χ0n) is 9.98. The van der Waals surface area contributed by atoms with E-state index in [2.05, 4.69) is 16.7 Å². The van der Waals surface area contributed by atoms with Crippen LogP contribution >= 0.6 is 12.4 Å². The first-order chi connectivity index (χ1) is 8.29. The highest BCUT2D eigenvalue weighted by molar-refractivity contribution is 5.85. The van der Waals surface area contributed by atoms with E-state index in [1.165, 1.54) is 0 Å². The fourth-order valence-electron chi connectivity index (χ4n) is 1.92. The van der Waals surface area contributed by atoms with E-state index in [9.17, 15) is 4.79 Å². The Bertz CT molecular complexity index is 433. The molecule has 18 heavy (non-hydrogen) atoms. The molecule has 0 bridgehead atoms. The Morgan fingerprint density at radius 2 is 2.17 bits per heavy atom. The smallest absolute Gasteiger partial charge is 0.237 e. The highest BCUT2D eigenvalue weighted by atomic mass is 35.5. The van der Waals surface area contributed by atoms with Crippen molar-refractivity contribution in [2.24, 2.45) is 0 Å². The molecule has 1 atom stereocenters. The van der Waals surface area contributed by atoms with Gasteiger partial charge in [-0.05, 0) is 37.1 Å². The van der Waals surface area contributed by atoms with Gasteiger partial charge in [0.1, 0.15) is 0 Å². The van der Waals surface area contributed by atoms with Crippen LogP contribution in [0.5, 0.6) is 0 Å². The lowest BCUT2D eigenvalue weighted by molar-refractivity contribution is -0.122. The van der Waals surface area contributed by atoms with Crippen LogP contribution in [0.15, 0.2) is 24.3 Å². The zero-order valence-corrected chi connectivity index (χ0v) is 10.8. The number of nitrogens with zero attached hydrogens (tertiary/aromatic N) is 1. The summed E-state index contributed by atoms with van der Waals surface area (Å²) in [5.41, 5.74) is 1.65. The van der Waals surface area contributed by atoms with Gasteiger partial charge in [-0.3, -0.25) is 4.79 Å². The van der Waals surface area contributed by atoms with Crippen LogP contribution in [-0.4, -0.2) is 18.5 Å². The van der Waals surface area contributed by atoms with Gasteiger partial charge in [-0.1, -0.05) is 12.1 Å². The number of hydrogen-bond donors (Lipinski definition) is 2. The van der Waals surface area contributed by atoms with Gasteiger partial charge in [0, 0.05) is 6.54 Å². The number of nitrogens with one attached hydrogen (secondary N) is 2. The van der Waals surface area contributed by atoms with Gasteiger partial charge in [0.2, 0.25) is 5.91 Å². The van der Waals surface area contributed by atoms with E-state index >= 15 is 0 Å². The van der Waals surface area contributed by atoms with Gasteiger partial charge in [0.25, 0.3) is 0 Å². The number of hydrogen-bond acceptors (Lipinski definition) is 3. The first-order valence-electron chi connectivity index (χ1n) is 5.80. The molecule has 4 nitrogen and oxygen atoms in total. The van der Waals surface area contributed by atoms with Crippen LogP contribution in [0, 0.1) is 11.3 Å². The van der Waals surface area contributed by atoms with Crippen LogP contribution in [0.2, 0.25) is 0 Å². The summed E-state index contributed by atoms with van der Waals surface area (Å²) < 4.78 is 0. The molecule has 2 rings (SSSR count). The van der Waals surface area contributed by atoms with Crippen molar-refractivity contribution in [3.05, 3.63) is 35.4 Å². The Morgan fingerprint density at radius 3 is 2.72 bits per heavy atom. The lowest BCUT2D eigenvalue weighted by Crippen LogP contribution is -2.39. The number of rotatable bonds is 3. The maximum absolute atomic E-state index is 11.7. The molecule has 1 amide bonds. The summed E-state index contributed by atoms with van der Waals surface area (Å²) in [6.07, 6.45) is 1.98. The number of carbonyl (C=O) groups is 1. The third-order valence-corrected chi connectivity index (χ3v) is 2.93. The topological polar surface area (TPSA) is 64.9 Å². The first kappa shape index (κ1) is 14.5. The second-order valence-corrected chi connectivity index (χ2v) is 4.18. The minimum absolute atomic E-state index is 0. The molecule has 0 unspecified atom stereocenters. The number of amides is 1. The highest BCUT2D eigenvalue weighted by Crippen LogP contribution is 2.06. The summed E-state index contributed by atoms with van der Waals surface area (Å²) in [6.45, 7) is 1.44. The predicted molar refractivity (Wildman–Crippen MR) is 71.3 cm³/mol. The van der Waals surface area contributed by atoms with Crippen molar-refractivity contribution in [1.82, 2.24) is 10.6 Å². The van der Waals surface area contributed by atoms with Gasteiger partial charge in [-0.15, -0.1) is 12.4 Å². The van der Waals surface area contributed by atoms with E-state index in [-0.39, 0.29) is 24.4 Å². The van der Waals surface area contributed by atoms with Crippen molar-refractivity contribution in [3.63, 3.8) is 0 Å². The molecule has 1 fully saturated rings. The minimum Gasteiger partial charge on any atom is -0.351 e. The molecule has 1 aromatic rings. The standard InChI is InChI=1S/C13H15N3O.ClH/c14-8-10-3-5-11(6-4-10)9-16-13(17)12-2-1-7-15-12;/h3-6,12,15H,1-2,7,9H2,(H,16,17);1H/t12-;/m0./s1. The monoisotopic (exact) mass is 265 g/mol. The van der Waals surface area contributed by atoms with Gasteiger partial charge in [-0.25, -0.2) is 0 Å². The molecule has 1 aromatic carbocycles. The molecule has 0 aromatic heterocycles. The number of halogens is 1. The minimum atomic E-state index is -0.0339. The maximum atomic E-state index is 11.7. The van der Waals surface area contributed by atoms with Crippen LogP contribution in [0.4, 0.5) is 0 Å². The van der Waals surface area contributed by atoms with Crippen molar-refractivity contribution < 1.29 is 4.79 Å². The fraction of sp³-hybridized carbons (Fsp3) is 0.385. The molecule has 1 saturated heterocycles. The average molecular weight is 266 g/mol. The normalized spacial score (nSPS) is 17.6. The third-order valence-electron chi connectivity index (χ3n) is 2.93. The largest absolute Gasteiger partial charge is 0.351 e. The van der Waals surface area contributed by atoms with E-state index in [0.29, 0.717) is 12.1 Å². The molecule has 2 N–H and O–H groups in total. The summed E-state index contributed by atoms with van der Waals surface area (Å²) >= 11 is 0. The predicted octanol–water partition coefficient (Wildman–Crippen LogP) is 1.35. The summed E-state index contributed by atoms with van der Waals surface area (Å²) in [6, 6.07) is 9.28. The molecule has 1 heterocycles. The van der Waals surface area contributed by atoms with Crippen LogP contribution in [0.1, 0.15) is 24.0 Å². The number of carbonyl (C=O) groups excluding carboxylic acids is 1. The third kappa shape index (κ3) is 3.73. The molecule has 96 valence electrons. The molecule has 1 aliphatic heterocycles. The Balaban J connectivity index is 0.00000162. The Morgan fingerprint density at radius 1 is 1.44 bits per heavy atom. The second-order valence-electron chi connectivity index (χ2n) is 4.18. The molecular formula is C13H16ClN3O. The SMILES string of the molecule is Cl.N#Cc1ccc(CNC(=O)[C@@H]2CCCN2)cc1. The van der Waals surface area contributed by atoms with Gasteiger partial charge < -0.3 is 10.6 Å². The Labute approximate surface area is 113 Å². The highest BCUT2D eigenvalue weighted by Gasteiger charge is 2.21. The molecule has 1 aliphatic rings. The van der Waals surface area contributed by atoms with Crippen molar-refractivity contribution in [1.29, 1.82) is 5.26 Å². The summed E-state index contributed by atoms with van der Waals surface area (Å²) in [4.78, 5) is 11.7. The summed E-state index contributed by atoms with van der Waals surface area (Å²) in [5, 5.41) is 14.7.